The number of hydrogen-bond acceptors (Lipinski definition) is 4. The number of aryl methyl sites for hydroxylation is 1. The summed E-state index contributed by atoms with van der Waals surface area (Å²) < 4.78 is 12.8. The summed E-state index contributed by atoms with van der Waals surface area (Å²) in [5, 5.41) is 4.13. The molecular weight excluding hydrogens is 256 g/mol. The van der Waals surface area contributed by atoms with Crippen molar-refractivity contribution in [3.63, 3.8) is 0 Å². The second kappa shape index (κ2) is 6.39. The van der Waals surface area contributed by atoms with Gasteiger partial charge in [0.25, 0.3) is 0 Å². The van der Waals surface area contributed by atoms with Crippen LogP contribution in [0.5, 0.6) is 5.75 Å². The Morgan fingerprint density at radius 2 is 2.00 bits per heavy atom. The van der Waals surface area contributed by atoms with E-state index in [9.17, 15) is 4.79 Å². The number of methoxy groups -OCH3 is 1. The number of aromatic nitrogens is 2. The fraction of sp³-hybridized carbons (Fsp3) is 0.733. The zero-order valence-electron chi connectivity index (χ0n) is 12.6. The third kappa shape index (κ3) is 2.73. The Bertz CT molecular complexity index is 460. The summed E-state index contributed by atoms with van der Waals surface area (Å²) in [6, 6.07) is 0. The van der Waals surface area contributed by atoms with Crippen LogP contribution in [0.4, 0.5) is 0 Å². The van der Waals surface area contributed by atoms with Crippen LogP contribution in [0.2, 0.25) is 0 Å². The third-order valence-electron chi connectivity index (χ3n) is 4.09. The average molecular weight is 280 g/mol. The zero-order chi connectivity index (χ0) is 14.6. The molecule has 5 heteroatoms. The Morgan fingerprint density at radius 1 is 1.35 bits per heavy atom. The summed E-state index contributed by atoms with van der Waals surface area (Å²) in [6.45, 7) is 2.49. The minimum atomic E-state index is -0.702. The lowest BCUT2D eigenvalue weighted by Crippen LogP contribution is -2.42. The molecule has 1 aromatic heterocycles. The predicted octanol–water partition coefficient (Wildman–Crippen LogP) is 2.74. The van der Waals surface area contributed by atoms with Gasteiger partial charge < -0.3 is 9.47 Å². The van der Waals surface area contributed by atoms with E-state index >= 15 is 0 Å². The number of ether oxygens (including phenoxy) is 2. The van der Waals surface area contributed by atoms with E-state index in [0.717, 1.165) is 25.7 Å². The third-order valence-corrected chi connectivity index (χ3v) is 4.09. The van der Waals surface area contributed by atoms with E-state index in [4.69, 9.17) is 9.47 Å². The highest BCUT2D eigenvalue weighted by Gasteiger charge is 2.42. The van der Waals surface area contributed by atoms with E-state index in [1.165, 1.54) is 12.8 Å². The maximum atomic E-state index is 13.1. The normalized spacial score (nSPS) is 18.6. The van der Waals surface area contributed by atoms with Crippen molar-refractivity contribution in [2.45, 2.75) is 51.0 Å². The molecule has 0 unspecified atom stereocenters. The van der Waals surface area contributed by atoms with E-state index in [-0.39, 0.29) is 5.78 Å². The molecule has 0 amide bonds. The predicted molar refractivity (Wildman–Crippen MR) is 76.1 cm³/mol. The van der Waals surface area contributed by atoms with Gasteiger partial charge in [-0.3, -0.25) is 9.48 Å². The van der Waals surface area contributed by atoms with Crippen LogP contribution in [-0.4, -0.2) is 34.9 Å². The first-order valence-corrected chi connectivity index (χ1v) is 7.39. The van der Waals surface area contributed by atoms with Gasteiger partial charge in [-0.05, 0) is 19.8 Å². The SMILES string of the molecule is CCOC1(C(=O)c2c(OC)cnn2C)CCCCCC1. The quantitative estimate of drug-likeness (QED) is 0.614. The summed E-state index contributed by atoms with van der Waals surface area (Å²) in [5.41, 5.74) is -0.186. The van der Waals surface area contributed by atoms with Crippen molar-refractivity contribution < 1.29 is 14.3 Å². The maximum absolute atomic E-state index is 13.1. The molecule has 1 fully saturated rings. The van der Waals surface area contributed by atoms with Crippen LogP contribution in [0, 0.1) is 0 Å². The largest absolute Gasteiger partial charge is 0.493 e. The Labute approximate surface area is 120 Å². The van der Waals surface area contributed by atoms with Crippen LogP contribution in [0.15, 0.2) is 6.20 Å². The zero-order valence-corrected chi connectivity index (χ0v) is 12.6. The van der Waals surface area contributed by atoms with E-state index in [2.05, 4.69) is 5.10 Å². The average Bonchev–Trinajstić information content (AvgIpc) is 2.66. The van der Waals surface area contributed by atoms with E-state index in [0.29, 0.717) is 18.1 Å². The highest BCUT2D eigenvalue weighted by molar-refractivity contribution is 6.03. The van der Waals surface area contributed by atoms with Crippen molar-refractivity contribution in [2.75, 3.05) is 13.7 Å². The first-order valence-electron chi connectivity index (χ1n) is 7.39. The van der Waals surface area contributed by atoms with E-state index in [1.54, 1.807) is 25.0 Å². The van der Waals surface area contributed by atoms with Gasteiger partial charge in [0.2, 0.25) is 5.78 Å². The molecule has 0 radical (unpaired) electrons. The molecule has 20 heavy (non-hydrogen) atoms. The highest BCUT2D eigenvalue weighted by Crippen LogP contribution is 2.35. The van der Waals surface area contributed by atoms with Gasteiger partial charge in [-0.1, -0.05) is 25.7 Å². The summed E-state index contributed by atoms with van der Waals surface area (Å²) >= 11 is 0. The fourth-order valence-corrected chi connectivity index (χ4v) is 3.05. The van der Waals surface area contributed by atoms with Crippen molar-refractivity contribution in [2.24, 2.45) is 7.05 Å². The summed E-state index contributed by atoms with van der Waals surface area (Å²) in [6.07, 6.45) is 7.57. The molecule has 1 saturated carbocycles. The number of Topliss-reactive ketones (excluding diaryl/α,β-unsaturated/α-hetero) is 1. The number of nitrogens with zero attached hydrogens (tertiary/aromatic N) is 2. The Morgan fingerprint density at radius 3 is 2.55 bits per heavy atom. The van der Waals surface area contributed by atoms with E-state index < -0.39 is 5.60 Å². The minimum Gasteiger partial charge on any atom is -0.493 e. The number of hydrogen-bond donors (Lipinski definition) is 0. The molecule has 5 nitrogen and oxygen atoms in total. The summed E-state index contributed by atoms with van der Waals surface area (Å²) in [4.78, 5) is 13.1. The van der Waals surface area contributed by atoms with Crippen LogP contribution in [-0.2, 0) is 11.8 Å². The molecule has 0 aliphatic heterocycles. The van der Waals surface area contributed by atoms with Gasteiger partial charge in [0, 0.05) is 13.7 Å². The second-order valence-electron chi connectivity index (χ2n) is 5.36. The lowest BCUT2D eigenvalue weighted by atomic mass is 9.87. The molecule has 1 aromatic rings. The molecule has 0 bridgehead atoms. The molecule has 2 rings (SSSR count). The standard InChI is InChI=1S/C15H24N2O3/c1-4-20-15(9-7-5-6-8-10-15)14(18)13-12(19-3)11-16-17(13)2/h11H,4-10H2,1-3H3. The minimum absolute atomic E-state index is 0.0121. The maximum Gasteiger partial charge on any atom is 0.216 e. The number of carbonyl (C=O) groups excluding carboxylic acids is 1. The van der Waals surface area contributed by atoms with Gasteiger partial charge >= 0.3 is 0 Å². The summed E-state index contributed by atoms with van der Waals surface area (Å²) in [7, 11) is 3.33. The van der Waals surface area contributed by atoms with Crippen molar-refractivity contribution in [1.29, 1.82) is 0 Å². The van der Waals surface area contributed by atoms with Gasteiger partial charge in [0.05, 0.1) is 13.3 Å². The van der Waals surface area contributed by atoms with E-state index in [1.807, 2.05) is 6.92 Å². The van der Waals surface area contributed by atoms with Crippen LogP contribution in [0.1, 0.15) is 55.9 Å². The molecule has 1 aliphatic rings. The van der Waals surface area contributed by atoms with Crippen LogP contribution < -0.4 is 4.74 Å². The number of ketones is 1. The molecule has 0 atom stereocenters. The topological polar surface area (TPSA) is 53.4 Å². The molecule has 1 heterocycles. The number of carbonyl (C=O) groups is 1. The monoisotopic (exact) mass is 280 g/mol. The Hall–Kier alpha value is -1.36. The Balaban J connectivity index is 2.37. The molecule has 0 N–H and O–H groups in total. The fourth-order valence-electron chi connectivity index (χ4n) is 3.05. The van der Waals surface area contributed by atoms with Crippen LogP contribution in [0.25, 0.3) is 0 Å². The van der Waals surface area contributed by atoms with Gasteiger partial charge in [-0.2, -0.15) is 5.10 Å². The van der Waals surface area contributed by atoms with Gasteiger partial charge in [0.15, 0.2) is 5.75 Å². The van der Waals surface area contributed by atoms with Crippen molar-refractivity contribution in [3.8, 4) is 5.75 Å². The van der Waals surface area contributed by atoms with Crippen molar-refractivity contribution in [1.82, 2.24) is 9.78 Å². The van der Waals surface area contributed by atoms with Gasteiger partial charge in [0.1, 0.15) is 11.3 Å². The van der Waals surface area contributed by atoms with Crippen molar-refractivity contribution in [3.05, 3.63) is 11.9 Å². The smallest absolute Gasteiger partial charge is 0.216 e. The first kappa shape index (κ1) is 15.0. The highest BCUT2D eigenvalue weighted by atomic mass is 16.5. The van der Waals surface area contributed by atoms with Crippen LogP contribution >= 0.6 is 0 Å². The molecule has 0 saturated heterocycles. The molecular formula is C15H24N2O3. The van der Waals surface area contributed by atoms with Gasteiger partial charge in [-0.25, -0.2) is 0 Å². The van der Waals surface area contributed by atoms with Crippen molar-refractivity contribution >= 4 is 5.78 Å². The molecule has 0 aromatic carbocycles. The second-order valence-corrected chi connectivity index (χ2v) is 5.36. The molecule has 0 spiro atoms. The molecule has 1 aliphatic carbocycles. The lowest BCUT2D eigenvalue weighted by molar-refractivity contribution is -0.0300. The van der Waals surface area contributed by atoms with Gasteiger partial charge in [-0.15, -0.1) is 0 Å². The lowest BCUT2D eigenvalue weighted by Gasteiger charge is -2.31. The first-order chi connectivity index (χ1) is 9.64. The molecule has 112 valence electrons. The summed E-state index contributed by atoms with van der Waals surface area (Å²) in [5.74, 6) is 0.541. The van der Waals surface area contributed by atoms with Crippen LogP contribution in [0.3, 0.4) is 0 Å². The number of rotatable bonds is 5. The Kier molecular flexibility index (Phi) is 4.81.